The van der Waals surface area contributed by atoms with Crippen molar-refractivity contribution in [1.29, 1.82) is 0 Å². The summed E-state index contributed by atoms with van der Waals surface area (Å²) in [7, 11) is -3.00. The third-order valence-corrected chi connectivity index (χ3v) is 6.40. The van der Waals surface area contributed by atoms with Crippen molar-refractivity contribution in [3.05, 3.63) is 35.2 Å². The Kier molecular flexibility index (Phi) is 3.52. The molecule has 106 valence electrons. The number of hydrogen-bond donors (Lipinski definition) is 1. The molecule has 4 nitrogen and oxygen atoms in total. The summed E-state index contributed by atoms with van der Waals surface area (Å²) in [5.41, 5.74) is 0. The average Bonchev–Trinajstić information content (AvgIpc) is 2.98. The molecule has 0 radical (unpaired) electrons. The van der Waals surface area contributed by atoms with E-state index in [0.29, 0.717) is 13.0 Å². The molecule has 2 heterocycles. The molecule has 1 aliphatic heterocycles. The molecule has 1 fully saturated rings. The number of benzene rings is 1. The molecule has 1 amide bonds. The predicted octanol–water partition coefficient (Wildman–Crippen LogP) is 1.95. The number of amides is 1. The van der Waals surface area contributed by atoms with E-state index in [-0.39, 0.29) is 23.3 Å². The first-order chi connectivity index (χ1) is 9.53. The summed E-state index contributed by atoms with van der Waals surface area (Å²) >= 11 is 1.65. The Labute approximate surface area is 121 Å². The largest absolute Gasteiger partial charge is 0.351 e. The first-order valence-corrected chi connectivity index (χ1v) is 9.13. The summed E-state index contributed by atoms with van der Waals surface area (Å²) < 4.78 is 23.9. The average molecular weight is 309 g/mol. The Morgan fingerprint density at radius 3 is 2.85 bits per heavy atom. The molecule has 1 saturated heterocycles. The van der Waals surface area contributed by atoms with E-state index < -0.39 is 9.84 Å². The number of hydrogen-bond acceptors (Lipinski definition) is 4. The highest BCUT2D eigenvalue weighted by molar-refractivity contribution is 7.91. The van der Waals surface area contributed by atoms with E-state index in [1.807, 2.05) is 18.2 Å². The first-order valence-electron chi connectivity index (χ1n) is 6.49. The van der Waals surface area contributed by atoms with E-state index in [2.05, 4.69) is 17.4 Å². The lowest BCUT2D eigenvalue weighted by Crippen LogP contribution is -2.30. The van der Waals surface area contributed by atoms with Gasteiger partial charge < -0.3 is 5.32 Å². The number of fused-ring (bicyclic) bond motifs is 1. The van der Waals surface area contributed by atoms with Crippen LogP contribution in [-0.2, 0) is 21.2 Å². The van der Waals surface area contributed by atoms with Crippen LogP contribution in [0.1, 0.15) is 11.3 Å². The van der Waals surface area contributed by atoms with Crippen molar-refractivity contribution in [2.24, 2.45) is 5.92 Å². The van der Waals surface area contributed by atoms with E-state index in [4.69, 9.17) is 0 Å². The highest BCUT2D eigenvalue weighted by Crippen LogP contribution is 2.25. The molecule has 0 saturated carbocycles. The SMILES string of the molecule is O=C(NCc1cc2ccccc2s1)C1CCS(=O)(=O)C1. The fourth-order valence-corrected chi connectivity index (χ4v) is 5.19. The van der Waals surface area contributed by atoms with Crippen molar-refractivity contribution in [3.63, 3.8) is 0 Å². The highest BCUT2D eigenvalue weighted by Gasteiger charge is 2.32. The number of rotatable bonds is 3. The van der Waals surface area contributed by atoms with Gasteiger partial charge in [0.2, 0.25) is 5.91 Å². The van der Waals surface area contributed by atoms with Crippen LogP contribution < -0.4 is 5.32 Å². The quantitative estimate of drug-likeness (QED) is 0.942. The van der Waals surface area contributed by atoms with Crippen molar-refractivity contribution in [2.45, 2.75) is 13.0 Å². The topological polar surface area (TPSA) is 63.2 Å². The van der Waals surface area contributed by atoms with Gasteiger partial charge in [-0.05, 0) is 23.9 Å². The molecule has 1 aliphatic rings. The molecular formula is C14H15NO3S2. The maximum atomic E-state index is 12.0. The second-order valence-corrected chi connectivity index (χ2v) is 8.47. The molecule has 0 aliphatic carbocycles. The van der Waals surface area contributed by atoms with Crippen LogP contribution in [-0.4, -0.2) is 25.8 Å². The Balaban J connectivity index is 1.63. The zero-order valence-electron chi connectivity index (χ0n) is 10.8. The summed E-state index contributed by atoms with van der Waals surface area (Å²) in [4.78, 5) is 13.0. The zero-order valence-corrected chi connectivity index (χ0v) is 12.5. The minimum Gasteiger partial charge on any atom is -0.351 e. The summed E-state index contributed by atoms with van der Waals surface area (Å²) in [5.74, 6) is -0.405. The molecule has 1 aromatic heterocycles. The minimum atomic E-state index is -3.00. The molecule has 6 heteroatoms. The Morgan fingerprint density at radius 2 is 2.15 bits per heavy atom. The number of carbonyl (C=O) groups excluding carboxylic acids is 1. The molecule has 2 aromatic rings. The first kappa shape index (κ1) is 13.6. The van der Waals surface area contributed by atoms with Gasteiger partial charge in [0.05, 0.1) is 24.0 Å². The van der Waals surface area contributed by atoms with Gasteiger partial charge in [0.1, 0.15) is 0 Å². The van der Waals surface area contributed by atoms with E-state index in [1.54, 1.807) is 11.3 Å². The number of thiophene rings is 1. The van der Waals surface area contributed by atoms with Crippen LogP contribution in [0.25, 0.3) is 10.1 Å². The maximum absolute atomic E-state index is 12.0. The molecule has 3 rings (SSSR count). The maximum Gasteiger partial charge on any atom is 0.224 e. The lowest BCUT2D eigenvalue weighted by Gasteiger charge is -2.07. The fourth-order valence-electron chi connectivity index (χ4n) is 2.44. The minimum absolute atomic E-state index is 0.00868. The molecule has 1 aromatic carbocycles. The molecule has 20 heavy (non-hydrogen) atoms. The van der Waals surface area contributed by atoms with Gasteiger partial charge in [0.25, 0.3) is 0 Å². The van der Waals surface area contributed by atoms with Crippen LogP contribution in [0.15, 0.2) is 30.3 Å². The summed E-state index contributed by atoms with van der Waals surface area (Å²) in [6.07, 6.45) is 0.445. The second kappa shape index (κ2) is 5.18. The van der Waals surface area contributed by atoms with Crippen LogP contribution in [0.4, 0.5) is 0 Å². The Hall–Kier alpha value is -1.40. The lowest BCUT2D eigenvalue weighted by atomic mass is 10.1. The van der Waals surface area contributed by atoms with Gasteiger partial charge in [-0.3, -0.25) is 4.79 Å². The van der Waals surface area contributed by atoms with Crippen LogP contribution in [0.5, 0.6) is 0 Å². The van der Waals surface area contributed by atoms with Gasteiger partial charge in [-0.2, -0.15) is 0 Å². The normalized spacial score (nSPS) is 21.1. The highest BCUT2D eigenvalue weighted by atomic mass is 32.2. The van der Waals surface area contributed by atoms with Gasteiger partial charge in [-0.15, -0.1) is 11.3 Å². The standard InChI is InChI=1S/C14H15NO3S2/c16-14(11-5-6-20(17,18)9-11)15-8-12-7-10-3-1-2-4-13(10)19-12/h1-4,7,11H,5-6,8-9H2,(H,15,16). The van der Waals surface area contributed by atoms with E-state index >= 15 is 0 Å². The van der Waals surface area contributed by atoms with E-state index in [0.717, 1.165) is 4.88 Å². The smallest absolute Gasteiger partial charge is 0.224 e. The Morgan fingerprint density at radius 1 is 1.35 bits per heavy atom. The van der Waals surface area contributed by atoms with Gasteiger partial charge >= 0.3 is 0 Å². The van der Waals surface area contributed by atoms with Crippen molar-refractivity contribution in [3.8, 4) is 0 Å². The van der Waals surface area contributed by atoms with Crippen molar-refractivity contribution < 1.29 is 13.2 Å². The van der Waals surface area contributed by atoms with Crippen LogP contribution >= 0.6 is 11.3 Å². The van der Waals surface area contributed by atoms with Crippen molar-refractivity contribution in [2.75, 3.05) is 11.5 Å². The van der Waals surface area contributed by atoms with Gasteiger partial charge in [-0.1, -0.05) is 18.2 Å². The number of sulfone groups is 1. The van der Waals surface area contributed by atoms with Gasteiger partial charge in [0.15, 0.2) is 9.84 Å². The zero-order chi connectivity index (χ0) is 14.2. The molecular weight excluding hydrogens is 294 g/mol. The third kappa shape index (κ3) is 2.86. The van der Waals surface area contributed by atoms with Crippen LogP contribution in [0, 0.1) is 5.92 Å². The Bertz CT molecular complexity index is 716. The van der Waals surface area contributed by atoms with E-state index in [1.165, 1.54) is 10.1 Å². The lowest BCUT2D eigenvalue weighted by molar-refractivity contribution is -0.124. The molecule has 0 spiro atoms. The van der Waals surface area contributed by atoms with Gasteiger partial charge in [0, 0.05) is 9.58 Å². The van der Waals surface area contributed by atoms with Crippen molar-refractivity contribution in [1.82, 2.24) is 5.32 Å². The number of nitrogens with one attached hydrogen (secondary N) is 1. The predicted molar refractivity (Wildman–Crippen MR) is 80.4 cm³/mol. The molecule has 0 bridgehead atoms. The summed E-state index contributed by atoms with van der Waals surface area (Å²) in [6.45, 7) is 0.467. The van der Waals surface area contributed by atoms with Crippen molar-refractivity contribution >= 4 is 37.2 Å². The van der Waals surface area contributed by atoms with Crippen LogP contribution in [0.2, 0.25) is 0 Å². The fraction of sp³-hybridized carbons (Fsp3) is 0.357. The number of carbonyl (C=O) groups is 1. The van der Waals surface area contributed by atoms with Crippen LogP contribution in [0.3, 0.4) is 0 Å². The summed E-state index contributed by atoms with van der Waals surface area (Å²) in [5, 5.41) is 4.02. The second-order valence-electron chi connectivity index (χ2n) is 5.07. The molecule has 1 atom stereocenters. The van der Waals surface area contributed by atoms with Gasteiger partial charge in [-0.25, -0.2) is 8.42 Å². The third-order valence-electron chi connectivity index (χ3n) is 3.52. The van der Waals surface area contributed by atoms with E-state index in [9.17, 15) is 13.2 Å². The molecule has 1 N–H and O–H groups in total. The molecule has 1 unspecified atom stereocenters. The summed E-state index contributed by atoms with van der Waals surface area (Å²) in [6, 6.07) is 10.1. The monoisotopic (exact) mass is 309 g/mol.